The Balaban J connectivity index is 2.03. The molecule has 0 saturated carbocycles. The molecule has 0 amide bonds. The SMILES string of the molecule is FC(c1ccccc1)N1CCCCC1. The van der Waals surface area contributed by atoms with Gasteiger partial charge in [0.15, 0.2) is 6.30 Å². The Bertz CT molecular complexity index is 267. The molecule has 1 aliphatic rings. The second kappa shape index (κ2) is 4.56. The van der Waals surface area contributed by atoms with Gasteiger partial charge in [-0.2, -0.15) is 0 Å². The highest BCUT2D eigenvalue weighted by molar-refractivity contribution is 5.17. The van der Waals surface area contributed by atoms with E-state index in [0.29, 0.717) is 0 Å². The fourth-order valence-electron chi connectivity index (χ4n) is 1.97. The Labute approximate surface area is 84.5 Å². The molecule has 0 radical (unpaired) electrons. The van der Waals surface area contributed by atoms with E-state index in [1.165, 1.54) is 6.42 Å². The molecule has 2 heteroatoms. The minimum atomic E-state index is -0.906. The summed E-state index contributed by atoms with van der Waals surface area (Å²) in [4.78, 5) is 1.93. The normalized spacial score (nSPS) is 20.6. The molecule has 14 heavy (non-hydrogen) atoms. The summed E-state index contributed by atoms with van der Waals surface area (Å²) in [5.74, 6) is 0. The van der Waals surface area contributed by atoms with Gasteiger partial charge >= 0.3 is 0 Å². The van der Waals surface area contributed by atoms with Crippen molar-refractivity contribution in [1.29, 1.82) is 0 Å². The molecule has 1 atom stereocenters. The largest absolute Gasteiger partial charge is 0.270 e. The van der Waals surface area contributed by atoms with Gasteiger partial charge < -0.3 is 0 Å². The molecule has 0 N–H and O–H groups in total. The van der Waals surface area contributed by atoms with Crippen molar-refractivity contribution in [2.75, 3.05) is 13.1 Å². The minimum absolute atomic E-state index is 0.786. The van der Waals surface area contributed by atoms with Crippen LogP contribution in [0.2, 0.25) is 0 Å². The Morgan fingerprint density at radius 1 is 1.00 bits per heavy atom. The van der Waals surface area contributed by atoms with Crippen LogP contribution in [0.1, 0.15) is 31.1 Å². The van der Waals surface area contributed by atoms with Crippen LogP contribution in [0.5, 0.6) is 0 Å². The molecule has 76 valence electrons. The van der Waals surface area contributed by atoms with Gasteiger partial charge in [-0.15, -0.1) is 0 Å². The lowest BCUT2D eigenvalue weighted by atomic mass is 10.1. The number of likely N-dealkylation sites (tertiary alicyclic amines) is 1. The van der Waals surface area contributed by atoms with E-state index in [2.05, 4.69) is 0 Å². The van der Waals surface area contributed by atoms with Crippen molar-refractivity contribution in [1.82, 2.24) is 4.90 Å². The van der Waals surface area contributed by atoms with Gasteiger partial charge in [0.1, 0.15) is 0 Å². The maximum atomic E-state index is 13.9. The highest BCUT2D eigenvalue weighted by Gasteiger charge is 2.20. The number of alkyl halides is 1. The van der Waals surface area contributed by atoms with Crippen LogP contribution < -0.4 is 0 Å². The highest BCUT2D eigenvalue weighted by Crippen LogP contribution is 2.25. The zero-order valence-electron chi connectivity index (χ0n) is 8.32. The van der Waals surface area contributed by atoms with E-state index in [9.17, 15) is 4.39 Å². The van der Waals surface area contributed by atoms with Crippen LogP contribution in [0.4, 0.5) is 4.39 Å². The van der Waals surface area contributed by atoms with Gasteiger partial charge in [-0.1, -0.05) is 36.8 Å². The van der Waals surface area contributed by atoms with Crippen LogP contribution in [-0.2, 0) is 0 Å². The molecular weight excluding hydrogens is 177 g/mol. The lowest BCUT2D eigenvalue weighted by Crippen LogP contribution is -2.31. The predicted octanol–water partition coefficient (Wildman–Crippen LogP) is 3.14. The quantitative estimate of drug-likeness (QED) is 0.652. The topological polar surface area (TPSA) is 3.24 Å². The van der Waals surface area contributed by atoms with E-state index < -0.39 is 6.30 Å². The number of hydrogen-bond donors (Lipinski definition) is 0. The van der Waals surface area contributed by atoms with Crippen molar-refractivity contribution in [2.24, 2.45) is 0 Å². The lowest BCUT2D eigenvalue weighted by Gasteiger charge is -2.29. The first kappa shape index (κ1) is 9.66. The molecule has 0 aliphatic carbocycles. The van der Waals surface area contributed by atoms with E-state index in [4.69, 9.17) is 0 Å². The Kier molecular flexibility index (Phi) is 3.14. The van der Waals surface area contributed by atoms with Crippen LogP contribution in [-0.4, -0.2) is 18.0 Å². The van der Waals surface area contributed by atoms with E-state index in [0.717, 1.165) is 31.5 Å². The number of halogens is 1. The predicted molar refractivity (Wildman–Crippen MR) is 55.7 cm³/mol. The molecule has 0 aromatic heterocycles. The number of rotatable bonds is 2. The molecule has 1 nitrogen and oxygen atoms in total. The first-order chi connectivity index (χ1) is 6.88. The Hall–Kier alpha value is -0.890. The molecular formula is C12H16FN. The maximum Gasteiger partial charge on any atom is 0.179 e. The highest BCUT2D eigenvalue weighted by atomic mass is 19.1. The second-order valence-corrected chi connectivity index (χ2v) is 3.84. The van der Waals surface area contributed by atoms with Crippen molar-refractivity contribution in [3.63, 3.8) is 0 Å². The monoisotopic (exact) mass is 193 g/mol. The van der Waals surface area contributed by atoms with Gasteiger partial charge in [0.25, 0.3) is 0 Å². The number of hydrogen-bond acceptors (Lipinski definition) is 1. The van der Waals surface area contributed by atoms with Gasteiger partial charge in [0, 0.05) is 18.7 Å². The summed E-state index contributed by atoms with van der Waals surface area (Å²) >= 11 is 0. The van der Waals surface area contributed by atoms with Crippen molar-refractivity contribution in [3.8, 4) is 0 Å². The molecule has 1 aliphatic heterocycles. The van der Waals surface area contributed by atoms with E-state index in [-0.39, 0.29) is 0 Å². The fraction of sp³-hybridized carbons (Fsp3) is 0.500. The molecule has 1 fully saturated rings. The summed E-state index contributed by atoms with van der Waals surface area (Å²) in [6.45, 7) is 1.80. The van der Waals surface area contributed by atoms with Crippen LogP contribution in [0, 0.1) is 0 Å². The zero-order chi connectivity index (χ0) is 9.80. The van der Waals surface area contributed by atoms with Crippen LogP contribution >= 0.6 is 0 Å². The lowest BCUT2D eigenvalue weighted by molar-refractivity contribution is 0.0635. The summed E-state index contributed by atoms with van der Waals surface area (Å²) in [7, 11) is 0. The number of nitrogens with zero attached hydrogens (tertiary/aromatic N) is 1. The molecule has 1 saturated heterocycles. The third kappa shape index (κ3) is 2.13. The van der Waals surface area contributed by atoms with Gasteiger partial charge in [-0.3, -0.25) is 4.90 Å². The summed E-state index contributed by atoms with van der Waals surface area (Å²) in [6.07, 6.45) is 2.61. The summed E-state index contributed by atoms with van der Waals surface area (Å²) < 4.78 is 13.9. The summed E-state index contributed by atoms with van der Waals surface area (Å²) in [5, 5.41) is 0. The van der Waals surface area contributed by atoms with Crippen LogP contribution in [0.15, 0.2) is 30.3 Å². The zero-order valence-corrected chi connectivity index (χ0v) is 8.32. The Morgan fingerprint density at radius 2 is 1.64 bits per heavy atom. The minimum Gasteiger partial charge on any atom is -0.270 e. The van der Waals surface area contributed by atoms with Crippen LogP contribution in [0.3, 0.4) is 0 Å². The average molecular weight is 193 g/mol. The molecule has 1 aromatic carbocycles. The van der Waals surface area contributed by atoms with Crippen molar-refractivity contribution < 1.29 is 4.39 Å². The second-order valence-electron chi connectivity index (χ2n) is 3.84. The molecule has 1 aromatic rings. The summed E-state index contributed by atoms with van der Waals surface area (Å²) in [5.41, 5.74) is 0.786. The van der Waals surface area contributed by atoms with Crippen molar-refractivity contribution in [3.05, 3.63) is 35.9 Å². The van der Waals surface area contributed by atoms with Crippen LogP contribution in [0.25, 0.3) is 0 Å². The Morgan fingerprint density at radius 3 is 2.29 bits per heavy atom. The molecule has 2 rings (SSSR count). The number of benzene rings is 1. The van der Waals surface area contributed by atoms with Crippen molar-refractivity contribution in [2.45, 2.75) is 25.6 Å². The average Bonchev–Trinajstić information content (AvgIpc) is 2.30. The van der Waals surface area contributed by atoms with Gasteiger partial charge in [-0.05, 0) is 12.8 Å². The molecule has 1 heterocycles. The van der Waals surface area contributed by atoms with Gasteiger partial charge in [-0.25, -0.2) is 4.39 Å². The maximum absolute atomic E-state index is 13.9. The number of piperidine rings is 1. The molecule has 1 unspecified atom stereocenters. The van der Waals surface area contributed by atoms with Gasteiger partial charge in [0.2, 0.25) is 0 Å². The third-order valence-electron chi connectivity index (χ3n) is 2.79. The first-order valence-corrected chi connectivity index (χ1v) is 5.31. The van der Waals surface area contributed by atoms with Gasteiger partial charge in [0.05, 0.1) is 0 Å². The van der Waals surface area contributed by atoms with E-state index in [1.807, 2.05) is 35.2 Å². The van der Waals surface area contributed by atoms with Crippen molar-refractivity contribution >= 4 is 0 Å². The first-order valence-electron chi connectivity index (χ1n) is 5.31. The molecule has 0 bridgehead atoms. The third-order valence-corrected chi connectivity index (χ3v) is 2.79. The summed E-state index contributed by atoms with van der Waals surface area (Å²) in [6, 6.07) is 9.43. The fourth-order valence-corrected chi connectivity index (χ4v) is 1.97. The van der Waals surface area contributed by atoms with E-state index in [1.54, 1.807) is 0 Å². The standard InChI is InChI=1S/C12H16FN/c13-12(11-7-3-1-4-8-11)14-9-5-2-6-10-14/h1,3-4,7-8,12H,2,5-6,9-10H2. The van der Waals surface area contributed by atoms with E-state index >= 15 is 0 Å². The molecule has 0 spiro atoms. The smallest absolute Gasteiger partial charge is 0.179 e.